The summed E-state index contributed by atoms with van der Waals surface area (Å²) in [5.74, 6) is -0.271. The Labute approximate surface area is 200 Å². The number of hydrogen-bond donors (Lipinski definition) is 1. The number of piperidine rings is 1. The van der Waals surface area contributed by atoms with Crippen LogP contribution in [0.2, 0.25) is 0 Å². The zero-order chi connectivity index (χ0) is 23.7. The molecule has 0 aliphatic carbocycles. The van der Waals surface area contributed by atoms with Crippen molar-refractivity contribution in [1.82, 2.24) is 10.2 Å². The predicted molar refractivity (Wildman–Crippen MR) is 132 cm³/mol. The van der Waals surface area contributed by atoms with Gasteiger partial charge in [0.15, 0.2) is 0 Å². The molecule has 2 atom stereocenters. The van der Waals surface area contributed by atoms with Crippen molar-refractivity contribution in [1.29, 1.82) is 0 Å². The lowest BCUT2D eigenvalue weighted by Gasteiger charge is -2.45. The van der Waals surface area contributed by atoms with Crippen molar-refractivity contribution in [2.24, 2.45) is 0 Å². The van der Waals surface area contributed by atoms with Crippen molar-refractivity contribution in [2.45, 2.75) is 51.1 Å². The van der Waals surface area contributed by atoms with Gasteiger partial charge in [-0.25, -0.2) is 0 Å². The lowest BCUT2D eigenvalue weighted by atomic mass is 9.95. The summed E-state index contributed by atoms with van der Waals surface area (Å²) < 4.78 is 0. The highest BCUT2D eigenvalue weighted by molar-refractivity contribution is 6.10. The molecular weight excluding hydrogens is 428 g/mol. The van der Waals surface area contributed by atoms with Crippen molar-refractivity contribution in [3.63, 3.8) is 0 Å². The van der Waals surface area contributed by atoms with E-state index in [0.29, 0.717) is 11.3 Å². The Morgan fingerprint density at radius 2 is 1.71 bits per heavy atom. The van der Waals surface area contributed by atoms with Crippen LogP contribution < -0.4 is 15.1 Å². The first-order chi connectivity index (χ1) is 16.5. The molecule has 2 aromatic carbocycles. The number of anilines is 2. The van der Waals surface area contributed by atoms with E-state index in [9.17, 15) is 14.4 Å². The second-order valence-corrected chi connectivity index (χ2v) is 9.53. The van der Waals surface area contributed by atoms with E-state index >= 15 is 0 Å². The van der Waals surface area contributed by atoms with Crippen molar-refractivity contribution >= 4 is 29.1 Å². The highest BCUT2D eigenvalue weighted by Crippen LogP contribution is 2.40. The predicted octanol–water partition coefficient (Wildman–Crippen LogP) is 3.51. The van der Waals surface area contributed by atoms with Gasteiger partial charge in [-0.3, -0.25) is 19.3 Å². The Morgan fingerprint density at radius 1 is 0.971 bits per heavy atom. The SMILES string of the molecule is C[C@H](NC(=O)CN1C(=O)[C@@H]2CCCCN2c2ccc(C(=O)N3CCCC3)cc21)c1ccccc1. The molecule has 0 bridgehead atoms. The van der Waals surface area contributed by atoms with Crippen LogP contribution >= 0.6 is 0 Å². The molecule has 0 spiro atoms. The van der Waals surface area contributed by atoms with E-state index in [1.165, 1.54) is 0 Å². The van der Waals surface area contributed by atoms with Crippen LogP contribution in [0.3, 0.4) is 0 Å². The summed E-state index contributed by atoms with van der Waals surface area (Å²) in [5.41, 5.74) is 3.19. The molecule has 3 aliphatic rings. The number of fused-ring (bicyclic) bond motifs is 3. The van der Waals surface area contributed by atoms with Crippen LogP contribution in [0.15, 0.2) is 48.5 Å². The summed E-state index contributed by atoms with van der Waals surface area (Å²) in [4.78, 5) is 45.3. The first-order valence-corrected chi connectivity index (χ1v) is 12.4. The standard InChI is InChI=1S/C27H32N4O3/c1-19(20-9-3-2-4-10-20)28-25(32)18-31-24-17-21(26(33)29-14-7-8-15-29)12-13-22(24)30-16-6-5-11-23(30)27(31)34/h2-4,9-10,12-13,17,19,23H,5-8,11,14-16,18H2,1H3,(H,28,32)/t19-,23-/m0/s1. The van der Waals surface area contributed by atoms with E-state index in [1.54, 1.807) is 4.90 Å². The summed E-state index contributed by atoms with van der Waals surface area (Å²) >= 11 is 0. The Kier molecular flexibility index (Phi) is 6.26. The molecule has 2 aromatic rings. The molecule has 2 fully saturated rings. The van der Waals surface area contributed by atoms with Crippen LogP contribution in [-0.2, 0) is 9.59 Å². The molecule has 3 heterocycles. The number of nitrogens with one attached hydrogen (secondary N) is 1. The fourth-order valence-electron chi connectivity index (χ4n) is 5.41. The fourth-order valence-corrected chi connectivity index (χ4v) is 5.41. The van der Waals surface area contributed by atoms with Gasteiger partial charge >= 0.3 is 0 Å². The zero-order valence-corrected chi connectivity index (χ0v) is 19.7. The number of benzene rings is 2. The van der Waals surface area contributed by atoms with Crippen molar-refractivity contribution in [2.75, 3.05) is 36.0 Å². The van der Waals surface area contributed by atoms with Gasteiger partial charge in [-0.05, 0) is 62.8 Å². The average Bonchev–Trinajstić information content (AvgIpc) is 3.41. The first kappa shape index (κ1) is 22.4. The van der Waals surface area contributed by atoms with Crippen molar-refractivity contribution in [3.8, 4) is 0 Å². The van der Waals surface area contributed by atoms with Gasteiger partial charge in [-0.15, -0.1) is 0 Å². The van der Waals surface area contributed by atoms with E-state index in [2.05, 4.69) is 10.2 Å². The number of hydrogen-bond acceptors (Lipinski definition) is 4. The molecule has 7 heteroatoms. The Morgan fingerprint density at radius 3 is 2.47 bits per heavy atom. The maximum atomic E-state index is 13.6. The van der Waals surface area contributed by atoms with Crippen molar-refractivity contribution < 1.29 is 14.4 Å². The lowest BCUT2D eigenvalue weighted by molar-refractivity contribution is -0.125. The molecule has 1 N–H and O–H groups in total. The molecule has 7 nitrogen and oxygen atoms in total. The number of carbonyl (C=O) groups excluding carboxylic acids is 3. The molecule has 0 aromatic heterocycles. The Balaban J connectivity index is 1.42. The minimum atomic E-state index is -0.249. The van der Waals surface area contributed by atoms with Crippen LogP contribution in [-0.4, -0.2) is 54.8 Å². The lowest BCUT2D eigenvalue weighted by Crippen LogP contribution is -2.57. The summed E-state index contributed by atoms with van der Waals surface area (Å²) in [7, 11) is 0. The zero-order valence-electron chi connectivity index (χ0n) is 19.7. The van der Waals surface area contributed by atoms with Crippen molar-refractivity contribution in [3.05, 3.63) is 59.7 Å². The fraction of sp³-hybridized carbons (Fsp3) is 0.444. The second kappa shape index (κ2) is 9.49. The largest absolute Gasteiger partial charge is 0.358 e. The molecule has 178 valence electrons. The first-order valence-electron chi connectivity index (χ1n) is 12.4. The number of likely N-dealkylation sites (tertiary alicyclic amines) is 1. The van der Waals surface area contributed by atoms with Crippen LogP contribution in [0.1, 0.15) is 61.0 Å². The third kappa shape index (κ3) is 4.27. The van der Waals surface area contributed by atoms with E-state index in [1.807, 2.05) is 60.4 Å². The van der Waals surface area contributed by atoms with E-state index in [-0.39, 0.29) is 36.3 Å². The van der Waals surface area contributed by atoms with Gasteiger partial charge < -0.3 is 15.1 Å². The summed E-state index contributed by atoms with van der Waals surface area (Å²) in [6.07, 6.45) is 4.86. The summed E-state index contributed by atoms with van der Waals surface area (Å²) in [6.45, 7) is 4.23. The molecule has 0 radical (unpaired) electrons. The number of amides is 3. The number of nitrogens with zero attached hydrogens (tertiary/aromatic N) is 3. The summed E-state index contributed by atoms with van der Waals surface area (Å²) in [6, 6.07) is 15.0. The quantitative estimate of drug-likeness (QED) is 0.741. The van der Waals surface area contributed by atoms with Gasteiger partial charge in [0.25, 0.3) is 5.91 Å². The highest BCUT2D eigenvalue weighted by Gasteiger charge is 2.40. The van der Waals surface area contributed by atoms with Gasteiger partial charge in [0.1, 0.15) is 12.6 Å². The molecule has 0 saturated carbocycles. The Bertz CT molecular complexity index is 1080. The van der Waals surface area contributed by atoms with Gasteiger partial charge in [0, 0.05) is 25.2 Å². The topological polar surface area (TPSA) is 73.0 Å². The van der Waals surface area contributed by atoms with Gasteiger partial charge in [-0.2, -0.15) is 0 Å². The summed E-state index contributed by atoms with van der Waals surface area (Å²) in [5, 5.41) is 3.03. The third-order valence-electron chi connectivity index (χ3n) is 7.25. The van der Waals surface area contributed by atoms with Crippen LogP contribution in [0.5, 0.6) is 0 Å². The van der Waals surface area contributed by atoms with Crippen LogP contribution in [0.4, 0.5) is 11.4 Å². The maximum absolute atomic E-state index is 13.6. The normalized spacial score (nSPS) is 20.6. The average molecular weight is 461 g/mol. The molecule has 34 heavy (non-hydrogen) atoms. The van der Waals surface area contributed by atoms with Crippen LogP contribution in [0, 0.1) is 0 Å². The maximum Gasteiger partial charge on any atom is 0.253 e. The third-order valence-corrected chi connectivity index (χ3v) is 7.25. The minimum absolute atomic E-state index is 0.00406. The van der Waals surface area contributed by atoms with E-state index < -0.39 is 0 Å². The Hall–Kier alpha value is -3.35. The van der Waals surface area contributed by atoms with E-state index in [4.69, 9.17) is 0 Å². The molecule has 2 saturated heterocycles. The smallest absolute Gasteiger partial charge is 0.253 e. The monoisotopic (exact) mass is 460 g/mol. The molecule has 0 unspecified atom stereocenters. The molecular formula is C27H32N4O3. The van der Waals surface area contributed by atoms with Gasteiger partial charge in [-0.1, -0.05) is 30.3 Å². The second-order valence-electron chi connectivity index (χ2n) is 9.53. The van der Waals surface area contributed by atoms with E-state index in [0.717, 1.165) is 63.0 Å². The van der Waals surface area contributed by atoms with Crippen LogP contribution in [0.25, 0.3) is 0 Å². The minimum Gasteiger partial charge on any atom is -0.358 e. The highest BCUT2D eigenvalue weighted by atomic mass is 16.2. The van der Waals surface area contributed by atoms with Gasteiger partial charge in [0.2, 0.25) is 11.8 Å². The van der Waals surface area contributed by atoms with Gasteiger partial charge in [0.05, 0.1) is 17.4 Å². The number of rotatable bonds is 5. The molecule has 5 rings (SSSR count). The number of carbonyl (C=O) groups is 3. The molecule has 3 aliphatic heterocycles. The molecule has 3 amide bonds.